The Hall–Kier alpha value is -1.77. The molecular weight excluding hydrogens is 252 g/mol. The largest absolute Gasteiger partial charge is 0.494 e. The summed E-state index contributed by atoms with van der Waals surface area (Å²) >= 11 is 0. The summed E-state index contributed by atoms with van der Waals surface area (Å²) in [6, 6.07) is 10.2. The Kier molecular flexibility index (Phi) is 3.77. The molecule has 0 aliphatic heterocycles. The average Bonchev–Trinajstić information content (AvgIpc) is 3.18. The van der Waals surface area contributed by atoms with Crippen LogP contribution in [0.1, 0.15) is 24.8 Å². The third kappa shape index (κ3) is 2.87. The van der Waals surface area contributed by atoms with Gasteiger partial charge in [0.25, 0.3) is 0 Å². The molecule has 106 valence electrons. The Balaban J connectivity index is 1.52. The molecule has 1 aromatic rings. The second-order valence-electron chi connectivity index (χ2n) is 5.63. The number of rotatable bonds is 5. The lowest BCUT2D eigenvalue weighted by atomic mass is 10.1. The van der Waals surface area contributed by atoms with E-state index in [0.29, 0.717) is 30.8 Å². The van der Waals surface area contributed by atoms with Crippen LogP contribution in [-0.4, -0.2) is 13.1 Å². The highest BCUT2D eigenvalue weighted by Gasteiger charge is 2.51. The van der Waals surface area contributed by atoms with Crippen molar-refractivity contribution in [2.24, 2.45) is 17.8 Å². The first-order valence-electron chi connectivity index (χ1n) is 7.22. The molecule has 3 heteroatoms. The molecule has 1 aromatic carbocycles. The van der Waals surface area contributed by atoms with E-state index in [1.54, 1.807) is 0 Å². The van der Waals surface area contributed by atoms with E-state index in [9.17, 15) is 4.79 Å². The quantitative estimate of drug-likeness (QED) is 0.771. The lowest BCUT2D eigenvalue weighted by Gasteiger charge is -2.13. The first kappa shape index (κ1) is 13.2. The van der Waals surface area contributed by atoms with Crippen molar-refractivity contribution in [1.29, 1.82) is 0 Å². The maximum atomic E-state index is 11.3. The SMILES string of the molecule is COC(=O)CC1C2C=C(OCc3ccccc3)CCC21. The normalized spacial score (nSPS) is 27.2. The Morgan fingerprint density at radius 1 is 1.30 bits per heavy atom. The number of carbonyl (C=O) groups is 1. The van der Waals surface area contributed by atoms with Crippen LogP contribution in [0.25, 0.3) is 0 Å². The Morgan fingerprint density at radius 3 is 2.85 bits per heavy atom. The second-order valence-corrected chi connectivity index (χ2v) is 5.63. The molecule has 20 heavy (non-hydrogen) atoms. The molecule has 3 rings (SSSR count). The molecule has 0 bridgehead atoms. The standard InChI is InChI=1S/C17H20O3/c1-19-17(18)10-16-14-8-7-13(9-15(14)16)20-11-12-5-3-2-4-6-12/h2-6,9,14-16H,7-8,10-11H2,1H3. The van der Waals surface area contributed by atoms with Gasteiger partial charge in [0.1, 0.15) is 6.61 Å². The number of hydrogen-bond donors (Lipinski definition) is 0. The first-order chi connectivity index (χ1) is 9.78. The summed E-state index contributed by atoms with van der Waals surface area (Å²) in [6.45, 7) is 0.631. The number of allylic oxidation sites excluding steroid dienone is 2. The zero-order valence-corrected chi connectivity index (χ0v) is 11.7. The monoisotopic (exact) mass is 272 g/mol. The third-order valence-corrected chi connectivity index (χ3v) is 4.40. The molecule has 0 amide bonds. The van der Waals surface area contributed by atoms with Crippen molar-refractivity contribution in [1.82, 2.24) is 0 Å². The number of hydrogen-bond acceptors (Lipinski definition) is 3. The molecule has 3 unspecified atom stereocenters. The molecule has 2 aliphatic rings. The summed E-state index contributed by atoms with van der Waals surface area (Å²) in [7, 11) is 1.46. The predicted octanol–water partition coefficient (Wildman–Crippen LogP) is 3.31. The van der Waals surface area contributed by atoms with Gasteiger partial charge in [-0.1, -0.05) is 30.3 Å². The summed E-state index contributed by atoms with van der Waals surface area (Å²) < 4.78 is 10.6. The molecule has 0 aromatic heterocycles. The minimum atomic E-state index is -0.0930. The van der Waals surface area contributed by atoms with Crippen molar-refractivity contribution in [3.05, 3.63) is 47.7 Å². The van der Waals surface area contributed by atoms with Gasteiger partial charge in [-0.2, -0.15) is 0 Å². The highest BCUT2D eigenvalue weighted by atomic mass is 16.5. The van der Waals surface area contributed by atoms with Crippen LogP contribution in [0.4, 0.5) is 0 Å². The number of fused-ring (bicyclic) bond motifs is 1. The van der Waals surface area contributed by atoms with Crippen molar-refractivity contribution < 1.29 is 14.3 Å². The fourth-order valence-electron chi connectivity index (χ4n) is 3.17. The van der Waals surface area contributed by atoms with E-state index in [4.69, 9.17) is 9.47 Å². The summed E-state index contributed by atoms with van der Waals surface area (Å²) in [5, 5.41) is 0. The molecule has 3 atom stereocenters. The van der Waals surface area contributed by atoms with Crippen LogP contribution >= 0.6 is 0 Å². The lowest BCUT2D eigenvalue weighted by Crippen LogP contribution is -2.01. The topological polar surface area (TPSA) is 35.5 Å². The zero-order chi connectivity index (χ0) is 13.9. The van der Waals surface area contributed by atoms with Crippen molar-refractivity contribution in [3.8, 4) is 0 Å². The maximum absolute atomic E-state index is 11.3. The van der Waals surface area contributed by atoms with Gasteiger partial charge in [0.15, 0.2) is 0 Å². The molecule has 0 spiro atoms. The maximum Gasteiger partial charge on any atom is 0.305 e. The number of carbonyl (C=O) groups excluding carboxylic acids is 1. The minimum Gasteiger partial charge on any atom is -0.494 e. The van der Waals surface area contributed by atoms with Crippen LogP contribution in [0.15, 0.2) is 42.2 Å². The van der Waals surface area contributed by atoms with Crippen LogP contribution in [-0.2, 0) is 20.9 Å². The molecule has 2 aliphatic carbocycles. The molecular formula is C17H20O3. The zero-order valence-electron chi connectivity index (χ0n) is 11.7. The Bertz CT molecular complexity index is 506. The van der Waals surface area contributed by atoms with Crippen molar-refractivity contribution >= 4 is 5.97 Å². The van der Waals surface area contributed by atoms with Crippen molar-refractivity contribution in [2.75, 3.05) is 7.11 Å². The van der Waals surface area contributed by atoms with Gasteiger partial charge in [-0.3, -0.25) is 4.79 Å². The Labute approximate surface area is 119 Å². The molecule has 0 N–H and O–H groups in total. The molecule has 0 saturated heterocycles. The van der Waals surface area contributed by atoms with Crippen LogP contribution in [0.2, 0.25) is 0 Å². The lowest BCUT2D eigenvalue weighted by molar-refractivity contribution is -0.141. The number of methoxy groups -OCH3 is 1. The molecule has 3 nitrogen and oxygen atoms in total. The highest BCUT2D eigenvalue weighted by Crippen LogP contribution is 2.55. The van der Waals surface area contributed by atoms with Crippen LogP contribution < -0.4 is 0 Å². The van der Waals surface area contributed by atoms with E-state index >= 15 is 0 Å². The molecule has 0 radical (unpaired) electrons. The van der Waals surface area contributed by atoms with Gasteiger partial charge in [0.2, 0.25) is 0 Å². The molecule has 1 saturated carbocycles. The third-order valence-electron chi connectivity index (χ3n) is 4.40. The van der Waals surface area contributed by atoms with Crippen LogP contribution in [0, 0.1) is 17.8 Å². The first-order valence-corrected chi connectivity index (χ1v) is 7.22. The van der Waals surface area contributed by atoms with Crippen molar-refractivity contribution in [3.63, 3.8) is 0 Å². The molecule has 1 fully saturated rings. The van der Waals surface area contributed by atoms with Gasteiger partial charge < -0.3 is 9.47 Å². The van der Waals surface area contributed by atoms with Crippen LogP contribution in [0.3, 0.4) is 0 Å². The van der Waals surface area contributed by atoms with Gasteiger partial charge >= 0.3 is 5.97 Å². The Morgan fingerprint density at radius 2 is 2.10 bits per heavy atom. The van der Waals surface area contributed by atoms with E-state index in [2.05, 4.69) is 18.2 Å². The summed E-state index contributed by atoms with van der Waals surface area (Å²) in [5.74, 6) is 2.65. The smallest absolute Gasteiger partial charge is 0.305 e. The molecule has 0 heterocycles. The van der Waals surface area contributed by atoms with Crippen molar-refractivity contribution in [2.45, 2.75) is 25.9 Å². The highest BCUT2D eigenvalue weighted by molar-refractivity contribution is 5.70. The van der Waals surface area contributed by atoms with Gasteiger partial charge in [0.05, 0.1) is 12.9 Å². The minimum absolute atomic E-state index is 0.0930. The van der Waals surface area contributed by atoms with Gasteiger partial charge in [-0.05, 0) is 35.8 Å². The van der Waals surface area contributed by atoms with E-state index < -0.39 is 0 Å². The van der Waals surface area contributed by atoms with Crippen LogP contribution in [0.5, 0.6) is 0 Å². The fraction of sp³-hybridized carbons (Fsp3) is 0.471. The van der Waals surface area contributed by atoms with E-state index in [1.165, 1.54) is 12.7 Å². The van der Waals surface area contributed by atoms with Gasteiger partial charge in [-0.25, -0.2) is 0 Å². The number of esters is 1. The van der Waals surface area contributed by atoms with Gasteiger partial charge in [0, 0.05) is 12.8 Å². The predicted molar refractivity (Wildman–Crippen MR) is 75.7 cm³/mol. The average molecular weight is 272 g/mol. The summed E-state index contributed by atoms with van der Waals surface area (Å²) in [5.41, 5.74) is 1.19. The van der Waals surface area contributed by atoms with Gasteiger partial charge in [-0.15, -0.1) is 0 Å². The number of ether oxygens (including phenoxy) is 2. The summed E-state index contributed by atoms with van der Waals surface area (Å²) in [4.78, 5) is 11.3. The summed E-state index contributed by atoms with van der Waals surface area (Å²) in [6.07, 6.45) is 4.90. The fourth-order valence-corrected chi connectivity index (χ4v) is 3.17. The van der Waals surface area contributed by atoms with E-state index in [1.807, 2.05) is 18.2 Å². The number of benzene rings is 1. The van der Waals surface area contributed by atoms with E-state index in [0.717, 1.165) is 18.6 Å². The van der Waals surface area contributed by atoms with E-state index in [-0.39, 0.29) is 5.97 Å². The second kappa shape index (κ2) is 5.70.